The second-order valence-electron chi connectivity index (χ2n) is 5.42. The predicted octanol–water partition coefficient (Wildman–Crippen LogP) is 3.14. The molecule has 5 heteroatoms. The van der Waals surface area contributed by atoms with Crippen LogP contribution in [0.3, 0.4) is 0 Å². The van der Waals surface area contributed by atoms with Gasteiger partial charge in [-0.3, -0.25) is 0 Å². The number of benzene rings is 1. The predicted molar refractivity (Wildman–Crippen MR) is 82.7 cm³/mol. The Balaban J connectivity index is 1.84. The van der Waals surface area contributed by atoms with Gasteiger partial charge in [0.05, 0.1) is 11.1 Å². The molecule has 1 aromatic heterocycles. The van der Waals surface area contributed by atoms with Crippen molar-refractivity contribution in [1.29, 1.82) is 0 Å². The molecule has 21 heavy (non-hydrogen) atoms. The molecule has 3 rings (SSSR count). The minimum absolute atomic E-state index is 0.0144. The summed E-state index contributed by atoms with van der Waals surface area (Å²) >= 11 is 6.00. The number of aromatic nitrogens is 1. The highest BCUT2D eigenvalue weighted by atomic mass is 35.5. The fourth-order valence-corrected chi connectivity index (χ4v) is 2.83. The summed E-state index contributed by atoms with van der Waals surface area (Å²) < 4.78 is 5.64. The average Bonchev–Trinajstić information content (AvgIpc) is 2.48. The molecule has 2 heterocycles. The third-order valence-electron chi connectivity index (χ3n) is 3.84. The number of hydrogen-bond donors (Lipinski definition) is 0. The third kappa shape index (κ3) is 3.17. The van der Waals surface area contributed by atoms with Crippen LogP contribution in [0.15, 0.2) is 30.3 Å². The molecule has 0 saturated carbocycles. The maximum Gasteiger partial charge on any atom is 0.339 e. The van der Waals surface area contributed by atoms with Crippen LogP contribution < -0.4 is 0 Å². The molecule has 0 amide bonds. The zero-order valence-electron chi connectivity index (χ0n) is 11.9. The Bertz CT molecular complexity index is 666. The van der Waals surface area contributed by atoms with Crippen LogP contribution in [0.1, 0.15) is 23.2 Å². The Morgan fingerprint density at radius 3 is 2.81 bits per heavy atom. The lowest BCUT2D eigenvalue weighted by Gasteiger charge is -2.28. The van der Waals surface area contributed by atoms with Crippen molar-refractivity contribution < 1.29 is 9.53 Å². The summed E-state index contributed by atoms with van der Waals surface area (Å²) in [7, 11) is 2.08. The lowest BCUT2D eigenvalue weighted by atomic mass is 10.1. The van der Waals surface area contributed by atoms with Gasteiger partial charge in [-0.05, 0) is 32.0 Å². The van der Waals surface area contributed by atoms with Crippen molar-refractivity contribution in [2.75, 3.05) is 20.1 Å². The van der Waals surface area contributed by atoms with E-state index < -0.39 is 0 Å². The van der Waals surface area contributed by atoms with Gasteiger partial charge >= 0.3 is 5.97 Å². The van der Waals surface area contributed by atoms with E-state index in [1.807, 2.05) is 24.3 Å². The van der Waals surface area contributed by atoms with Crippen LogP contribution >= 0.6 is 11.6 Å². The first-order valence-electron chi connectivity index (χ1n) is 7.08. The third-order valence-corrected chi connectivity index (χ3v) is 4.04. The molecule has 1 saturated heterocycles. The number of piperidine rings is 1. The molecule has 1 aliphatic heterocycles. The molecule has 4 nitrogen and oxygen atoms in total. The molecule has 0 radical (unpaired) electrons. The number of ether oxygens (including phenoxy) is 1. The van der Waals surface area contributed by atoms with Gasteiger partial charge in [-0.15, -0.1) is 0 Å². The highest BCUT2D eigenvalue weighted by Gasteiger charge is 2.22. The van der Waals surface area contributed by atoms with Gasteiger partial charge in [0.25, 0.3) is 0 Å². The quantitative estimate of drug-likeness (QED) is 0.631. The maximum atomic E-state index is 12.4. The molecule has 0 bridgehead atoms. The summed E-state index contributed by atoms with van der Waals surface area (Å²) in [4.78, 5) is 18.9. The number of pyridine rings is 1. The Hall–Kier alpha value is -1.65. The van der Waals surface area contributed by atoms with E-state index in [4.69, 9.17) is 16.3 Å². The van der Waals surface area contributed by atoms with Crippen LogP contribution in [0.4, 0.5) is 0 Å². The van der Waals surface area contributed by atoms with E-state index in [0.717, 1.165) is 31.3 Å². The fourth-order valence-electron chi connectivity index (χ4n) is 2.63. The zero-order chi connectivity index (χ0) is 14.8. The lowest BCUT2D eigenvalue weighted by Crippen LogP contribution is -2.35. The van der Waals surface area contributed by atoms with Crippen LogP contribution in [0, 0.1) is 0 Å². The summed E-state index contributed by atoms with van der Waals surface area (Å²) in [5.41, 5.74) is 1.20. The molecule has 2 aromatic rings. The van der Waals surface area contributed by atoms with Crippen molar-refractivity contribution in [1.82, 2.24) is 9.88 Å². The Morgan fingerprint density at radius 1 is 1.33 bits per heavy atom. The van der Waals surface area contributed by atoms with Gasteiger partial charge in [-0.25, -0.2) is 9.78 Å². The van der Waals surface area contributed by atoms with Crippen molar-refractivity contribution in [3.05, 3.63) is 41.0 Å². The number of para-hydroxylation sites is 1. The van der Waals surface area contributed by atoms with Crippen LogP contribution in [-0.2, 0) is 4.74 Å². The van der Waals surface area contributed by atoms with Crippen molar-refractivity contribution >= 4 is 28.5 Å². The number of halogens is 1. The Kier molecular flexibility index (Phi) is 4.08. The van der Waals surface area contributed by atoms with Crippen LogP contribution in [-0.4, -0.2) is 42.1 Å². The summed E-state index contributed by atoms with van der Waals surface area (Å²) in [5.74, 6) is -0.315. The molecule has 1 aliphatic rings. The molecular weight excluding hydrogens is 288 g/mol. The summed E-state index contributed by atoms with van der Waals surface area (Å²) in [5, 5.41) is 1.09. The molecular formula is C16H17ClN2O2. The highest BCUT2D eigenvalue weighted by Crippen LogP contribution is 2.23. The molecule has 0 N–H and O–H groups in total. The van der Waals surface area contributed by atoms with E-state index in [1.54, 1.807) is 6.07 Å². The molecule has 1 fully saturated rings. The fraction of sp³-hybridized carbons (Fsp3) is 0.375. The number of likely N-dealkylation sites (tertiary alicyclic amines) is 1. The number of fused-ring (bicyclic) bond motifs is 1. The second-order valence-corrected chi connectivity index (χ2v) is 5.80. The van der Waals surface area contributed by atoms with E-state index >= 15 is 0 Å². The normalized spacial score (nSPS) is 17.0. The first-order valence-corrected chi connectivity index (χ1v) is 7.46. The highest BCUT2D eigenvalue weighted by molar-refractivity contribution is 6.30. The van der Waals surface area contributed by atoms with Crippen molar-refractivity contribution in [2.24, 2.45) is 0 Å². The number of rotatable bonds is 2. The largest absolute Gasteiger partial charge is 0.459 e. The maximum absolute atomic E-state index is 12.4. The minimum atomic E-state index is -0.315. The smallest absolute Gasteiger partial charge is 0.339 e. The molecule has 1 aromatic carbocycles. The summed E-state index contributed by atoms with van der Waals surface area (Å²) in [6.45, 7) is 1.91. The molecule has 0 atom stereocenters. The van der Waals surface area contributed by atoms with Gasteiger partial charge < -0.3 is 9.64 Å². The average molecular weight is 305 g/mol. The summed E-state index contributed by atoms with van der Waals surface area (Å²) in [6, 6.07) is 9.04. The first kappa shape index (κ1) is 14.3. The first-order chi connectivity index (χ1) is 10.1. The van der Waals surface area contributed by atoms with Gasteiger partial charge in [-0.1, -0.05) is 29.8 Å². The van der Waals surface area contributed by atoms with E-state index in [9.17, 15) is 4.79 Å². The molecule has 0 unspecified atom stereocenters. The second kappa shape index (κ2) is 6.00. The van der Waals surface area contributed by atoms with Crippen LogP contribution in [0.2, 0.25) is 5.15 Å². The lowest BCUT2D eigenvalue weighted by molar-refractivity contribution is 0.0141. The van der Waals surface area contributed by atoms with Crippen molar-refractivity contribution in [3.8, 4) is 0 Å². The molecule has 0 aliphatic carbocycles. The van der Waals surface area contributed by atoms with Crippen LogP contribution in [0.25, 0.3) is 10.9 Å². The van der Waals surface area contributed by atoms with E-state index in [-0.39, 0.29) is 12.1 Å². The zero-order valence-corrected chi connectivity index (χ0v) is 12.6. The number of esters is 1. The van der Waals surface area contributed by atoms with Gasteiger partial charge in [0.1, 0.15) is 11.3 Å². The van der Waals surface area contributed by atoms with Gasteiger partial charge in [0, 0.05) is 18.5 Å². The van der Waals surface area contributed by atoms with Crippen LogP contribution in [0.5, 0.6) is 0 Å². The number of carbonyl (C=O) groups excluding carboxylic acids is 1. The number of carbonyl (C=O) groups is 1. The van der Waals surface area contributed by atoms with E-state index in [2.05, 4.69) is 16.9 Å². The summed E-state index contributed by atoms with van der Waals surface area (Å²) in [6.07, 6.45) is 1.73. The van der Waals surface area contributed by atoms with Crippen molar-refractivity contribution in [3.63, 3.8) is 0 Å². The van der Waals surface area contributed by atoms with E-state index in [0.29, 0.717) is 16.2 Å². The standard InChI is InChI=1S/C16H17ClN2O2/c1-19-8-6-11(7-9-19)21-16(20)13-10-15(17)18-14-5-3-2-4-12(13)14/h2-5,10-11H,6-9H2,1H3. The Labute approximate surface area is 128 Å². The van der Waals surface area contributed by atoms with Gasteiger partial charge in [0.15, 0.2) is 0 Å². The topological polar surface area (TPSA) is 42.4 Å². The van der Waals surface area contributed by atoms with Crippen molar-refractivity contribution in [2.45, 2.75) is 18.9 Å². The Morgan fingerprint density at radius 2 is 2.05 bits per heavy atom. The van der Waals surface area contributed by atoms with Gasteiger partial charge in [-0.2, -0.15) is 0 Å². The SMILES string of the molecule is CN1CCC(OC(=O)c2cc(Cl)nc3ccccc23)CC1. The monoisotopic (exact) mass is 304 g/mol. The molecule has 0 spiro atoms. The molecule has 110 valence electrons. The number of nitrogens with zero attached hydrogens (tertiary/aromatic N) is 2. The van der Waals surface area contributed by atoms with Gasteiger partial charge in [0.2, 0.25) is 0 Å². The van der Waals surface area contributed by atoms with E-state index in [1.165, 1.54) is 0 Å². The number of hydrogen-bond acceptors (Lipinski definition) is 4. The minimum Gasteiger partial charge on any atom is -0.459 e.